The zero-order valence-corrected chi connectivity index (χ0v) is 26.0. The first-order valence-corrected chi connectivity index (χ1v) is 16.0. The average Bonchev–Trinajstić information content (AvgIpc) is 3.54. The van der Waals surface area contributed by atoms with Crippen molar-refractivity contribution in [2.75, 3.05) is 53.4 Å². The number of rotatable bonds is 8. The predicted molar refractivity (Wildman–Crippen MR) is 171 cm³/mol. The molecule has 3 aromatic carbocycles. The van der Waals surface area contributed by atoms with E-state index in [1.165, 1.54) is 43.0 Å². The lowest BCUT2D eigenvalue weighted by atomic mass is 9.94. The molecule has 2 atom stereocenters. The molecule has 1 unspecified atom stereocenters. The zero-order valence-electron chi connectivity index (χ0n) is 26.0. The van der Waals surface area contributed by atoms with E-state index in [0.29, 0.717) is 29.3 Å². The quantitative estimate of drug-likeness (QED) is 0.365. The van der Waals surface area contributed by atoms with Crippen LogP contribution in [0.3, 0.4) is 0 Å². The van der Waals surface area contributed by atoms with Gasteiger partial charge in [0.25, 0.3) is 5.91 Å². The molecule has 0 radical (unpaired) electrons. The van der Waals surface area contributed by atoms with Crippen molar-refractivity contribution in [3.05, 3.63) is 94.8 Å². The molecule has 1 amide bonds. The summed E-state index contributed by atoms with van der Waals surface area (Å²) in [6.45, 7) is 10.8. The lowest BCUT2D eigenvalue weighted by Gasteiger charge is -2.41. The van der Waals surface area contributed by atoms with Gasteiger partial charge in [-0.3, -0.25) is 14.6 Å². The monoisotopic (exact) mass is 584 g/mol. The number of quaternary nitrogens is 1. The number of likely N-dealkylation sites (tertiary alicyclic amines) is 2. The number of hydrogen-bond acceptors (Lipinski definition) is 4. The van der Waals surface area contributed by atoms with Crippen LogP contribution in [-0.2, 0) is 19.6 Å². The van der Waals surface area contributed by atoms with Crippen molar-refractivity contribution in [1.29, 1.82) is 0 Å². The molecule has 228 valence electrons. The zero-order chi connectivity index (χ0) is 30.0. The average molecular weight is 585 g/mol. The van der Waals surface area contributed by atoms with Gasteiger partial charge in [0, 0.05) is 82.2 Å². The lowest BCUT2D eigenvalue weighted by Crippen LogP contribution is -2.56. The Balaban J connectivity index is 1.08. The van der Waals surface area contributed by atoms with Crippen molar-refractivity contribution in [2.24, 2.45) is 0 Å². The Morgan fingerprint density at radius 3 is 2.56 bits per heavy atom. The van der Waals surface area contributed by atoms with Crippen molar-refractivity contribution in [3.8, 4) is 11.1 Å². The summed E-state index contributed by atoms with van der Waals surface area (Å²) in [5.41, 5.74) is 5.71. The van der Waals surface area contributed by atoms with Gasteiger partial charge in [0.05, 0.1) is 27.2 Å². The molecule has 6 rings (SSSR count). The van der Waals surface area contributed by atoms with Gasteiger partial charge >= 0.3 is 0 Å². The van der Waals surface area contributed by atoms with Crippen molar-refractivity contribution < 1.29 is 13.7 Å². The van der Waals surface area contributed by atoms with Crippen molar-refractivity contribution in [3.63, 3.8) is 0 Å². The molecule has 3 aliphatic heterocycles. The molecule has 0 saturated carbocycles. The molecule has 3 saturated heterocycles. The summed E-state index contributed by atoms with van der Waals surface area (Å²) in [6.07, 6.45) is 3.87. The van der Waals surface area contributed by atoms with Crippen LogP contribution in [0.5, 0.6) is 0 Å². The number of benzene rings is 3. The van der Waals surface area contributed by atoms with Gasteiger partial charge in [-0.15, -0.1) is 0 Å². The number of carbonyl (C=O) groups excluding carboxylic acids is 1. The molecule has 3 heterocycles. The van der Waals surface area contributed by atoms with E-state index in [2.05, 4.69) is 59.7 Å². The summed E-state index contributed by atoms with van der Waals surface area (Å²) in [5, 5.41) is 6.55. The molecule has 0 aliphatic carbocycles. The van der Waals surface area contributed by atoms with Crippen molar-refractivity contribution >= 4 is 5.91 Å². The highest BCUT2D eigenvalue weighted by Gasteiger charge is 2.53. The Morgan fingerprint density at radius 1 is 0.977 bits per heavy atom. The van der Waals surface area contributed by atoms with E-state index in [0.717, 1.165) is 61.4 Å². The second-order valence-electron chi connectivity index (χ2n) is 13.7. The maximum Gasteiger partial charge on any atom is 0.251 e. The molecular weight excluding hydrogens is 537 g/mol. The topological polar surface area (TPSA) is 47.6 Å². The second kappa shape index (κ2) is 12.5. The molecule has 2 N–H and O–H groups in total. The lowest BCUT2D eigenvalue weighted by molar-refractivity contribution is -0.926. The molecule has 3 aliphatic rings. The highest BCUT2D eigenvalue weighted by Crippen LogP contribution is 2.41. The van der Waals surface area contributed by atoms with Crippen LogP contribution in [0.1, 0.15) is 53.2 Å². The summed E-state index contributed by atoms with van der Waals surface area (Å²) >= 11 is 0. The third-order valence-corrected chi connectivity index (χ3v) is 10.2. The summed E-state index contributed by atoms with van der Waals surface area (Å²) in [6, 6.07) is 21.8. The number of halogens is 1. The highest BCUT2D eigenvalue weighted by atomic mass is 19.1. The molecule has 43 heavy (non-hydrogen) atoms. The fraction of sp³-hybridized carbons (Fsp3) is 0.472. The third kappa shape index (κ3) is 6.70. The molecule has 0 bridgehead atoms. The number of likely N-dealkylation sites (N-methyl/N-ethyl adjacent to an activating group) is 1. The minimum atomic E-state index is -0.251. The van der Waals surface area contributed by atoms with Crippen LogP contribution in [0.2, 0.25) is 0 Å². The first-order chi connectivity index (χ1) is 20.7. The van der Waals surface area contributed by atoms with E-state index in [-0.39, 0.29) is 11.7 Å². The second-order valence-corrected chi connectivity index (χ2v) is 13.7. The van der Waals surface area contributed by atoms with Crippen molar-refractivity contribution in [1.82, 2.24) is 20.4 Å². The van der Waals surface area contributed by atoms with Crippen molar-refractivity contribution in [2.45, 2.75) is 57.4 Å². The number of piperazine rings is 1. The van der Waals surface area contributed by atoms with Gasteiger partial charge in [0.15, 0.2) is 0 Å². The maximum atomic E-state index is 15.0. The minimum absolute atomic E-state index is 0.105. The smallest absolute Gasteiger partial charge is 0.251 e. The van der Waals surface area contributed by atoms with Crippen LogP contribution in [0.25, 0.3) is 11.1 Å². The first kappa shape index (κ1) is 29.9. The van der Waals surface area contributed by atoms with E-state index in [1.54, 1.807) is 6.07 Å². The Labute approximate surface area is 256 Å². The van der Waals surface area contributed by atoms with Crippen LogP contribution in [0.15, 0.2) is 66.7 Å². The van der Waals surface area contributed by atoms with Crippen LogP contribution >= 0.6 is 0 Å². The van der Waals surface area contributed by atoms with E-state index in [1.807, 2.05) is 36.4 Å². The van der Waals surface area contributed by atoms with Crippen LogP contribution in [-0.4, -0.2) is 85.1 Å². The molecule has 3 fully saturated rings. The van der Waals surface area contributed by atoms with E-state index < -0.39 is 0 Å². The third-order valence-electron chi connectivity index (χ3n) is 10.2. The predicted octanol–water partition coefficient (Wildman–Crippen LogP) is 5.03. The number of nitrogens with one attached hydrogen (secondary N) is 2. The van der Waals surface area contributed by atoms with Gasteiger partial charge in [-0.1, -0.05) is 36.4 Å². The van der Waals surface area contributed by atoms with Crippen LogP contribution in [0.4, 0.5) is 4.39 Å². The van der Waals surface area contributed by atoms with Gasteiger partial charge in [0.2, 0.25) is 0 Å². The van der Waals surface area contributed by atoms with Crippen LogP contribution in [0, 0.1) is 5.82 Å². The normalized spacial score (nSPS) is 24.0. The summed E-state index contributed by atoms with van der Waals surface area (Å²) in [5.74, 6) is -0.356. The Kier molecular flexibility index (Phi) is 8.70. The minimum Gasteiger partial charge on any atom is -0.348 e. The highest BCUT2D eigenvalue weighted by molar-refractivity contribution is 5.94. The van der Waals surface area contributed by atoms with Gasteiger partial charge in [-0.25, -0.2) is 4.39 Å². The van der Waals surface area contributed by atoms with E-state index in [9.17, 15) is 4.79 Å². The van der Waals surface area contributed by atoms with Gasteiger partial charge in [0.1, 0.15) is 11.4 Å². The van der Waals surface area contributed by atoms with Crippen LogP contribution < -0.4 is 10.6 Å². The molecule has 7 heteroatoms. The molecule has 3 aromatic rings. The molecule has 1 spiro atoms. The Morgan fingerprint density at radius 2 is 1.77 bits per heavy atom. The first-order valence-electron chi connectivity index (χ1n) is 16.0. The summed E-state index contributed by atoms with van der Waals surface area (Å²) in [7, 11) is 4.77. The van der Waals surface area contributed by atoms with Gasteiger partial charge < -0.3 is 15.1 Å². The summed E-state index contributed by atoms with van der Waals surface area (Å²) < 4.78 is 16.1. The van der Waals surface area contributed by atoms with Gasteiger partial charge in [-0.2, -0.15) is 0 Å². The fourth-order valence-electron chi connectivity index (χ4n) is 7.63. The Bertz CT molecular complexity index is 1460. The molecule has 6 nitrogen and oxygen atoms in total. The maximum absolute atomic E-state index is 15.0. The fourth-order valence-corrected chi connectivity index (χ4v) is 7.63. The standard InChI is InChI=1S/C36H46FN5O/c1-27-23-40(17-15-38-27)24-29-7-4-9-31(19-29)33-21-28(11-12-34(33)37)22-39-35(43)32-10-5-8-30(20-32)25-41-16-14-36(26-41)13-6-18-42(36,2)3/h4-5,7-12,19-21,27,38H,6,13-18,22-26H2,1-3H3/p+1/t27-,36?/m0/s1. The molecule has 0 aromatic heterocycles. The SMILES string of the molecule is C[C@H]1CN(Cc2cccc(-c3cc(CNC(=O)c4cccc(CN5CCC6(CCC[N+]6(C)C)C5)c4)ccc3F)c2)CCN1. The molecular formula is C36H47FN5O+. The number of carbonyl (C=O) groups is 1. The van der Waals surface area contributed by atoms with E-state index in [4.69, 9.17) is 0 Å². The number of hydrogen-bond donors (Lipinski definition) is 2. The van der Waals surface area contributed by atoms with Gasteiger partial charge in [-0.05, 0) is 59.5 Å². The number of amides is 1. The number of nitrogens with zero attached hydrogens (tertiary/aromatic N) is 3. The largest absolute Gasteiger partial charge is 0.348 e. The summed E-state index contributed by atoms with van der Waals surface area (Å²) in [4.78, 5) is 18.2. The van der Waals surface area contributed by atoms with E-state index >= 15 is 4.39 Å². The Hall–Kier alpha value is -3.10.